The van der Waals surface area contributed by atoms with Gasteiger partial charge in [0.2, 0.25) is 5.91 Å². The van der Waals surface area contributed by atoms with E-state index >= 15 is 0 Å². The van der Waals surface area contributed by atoms with Crippen LogP contribution in [0.2, 0.25) is 5.15 Å². The van der Waals surface area contributed by atoms with Crippen molar-refractivity contribution >= 4 is 46.7 Å². The van der Waals surface area contributed by atoms with Gasteiger partial charge in [0.05, 0.1) is 18.5 Å². The van der Waals surface area contributed by atoms with Gasteiger partial charge in [-0.25, -0.2) is 19.6 Å². The Hall–Kier alpha value is -3.46. The van der Waals surface area contributed by atoms with E-state index in [2.05, 4.69) is 10.3 Å². The van der Waals surface area contributed by atoms with E-state index in [1.165, 1.54) is 31.5 Å². The van der Waals surface area contributed by atoms with E-state index in [-0.39, 0.29) is 16.5 Å². The van der Waals surface area contributed by atoms with Crippen LogP contribution in [-0.4, -0.2) is 47.3 Å². The minimum Gasteiger partial charge on any atom is -0.497 e. The number of methoxy groups -OCH3 is 1. The summed E-state index contributed by atoms with van der Waals surface area (Å²) in [5.74, 6) is -2.31. The van der Waals surface area contributed by atoms with E-state index < -0.39 is 30.3 Å². The Morgan fingerprint density at radius 1 is 1.15 bits per heavy atom. The number of carbonyl (C=O) groups is 4. The Balaban J connectivity index is 1.75. The molecule has 5 amide bonds. The fourth-order valence-corrected chi connectivity index (χ4v) is 2.58. The first-order valence-electron chi connectivity index (χ1n) is 7.66. The van der Waals surface area contributed by atoms with Crippen LogP contribution in [0.15, 0.2) is 42.6 Å². The molecular weight excluding hydrogens is 376 g/mol. The quantitative estimate of drug-likeness (QED) is 0.474. The van der Waals surface area contributed by atoms with Crippen molar-refractivity contribution in [2.24, 2.45) is 0 Å². The molecule has 2 aromatic rings. The standard InChI is InChI=1S/C17H13ClN4O5/c1-27-11-6-4-10(5-7-11)22-16(25)15(24)21(17(22)26)9-13(23)20-12-3-2-8-19-14(12)18/h2-8H,9H2,1H3,(H,20,23). The summed E-state index contributed by atoms with van der Waals surface area (Å²) < 4.78 is 5.01. The van der Waals surface area contributed by atoms with Crippen LogP contribution >= 0.6 is 11.6 Å². The molecule has 0 saturated carbocycles. The number of ether oxygens (including phenoxy) is 1. The minimum absolute atomic E-state index is 0.0564. The number of halogens is 1. The number of nitrogens with zero attached hydrogens (tertiary/aromatic N) is 3. The maximum atomic E-state index is 12.5. The summed E-state index contributed by atoms with van der Waals surface area (Å²) in [7, 11) is 1.47. The predicted octanol–water partition coefficient (Wildman–Crippen LogP) is 1.68. The fraction of sp³-hybridized carbons (Fsp3) is 0.118. The van der Waals surface area contributed by atoms with Crippen molar-refractivity contribution < 1.29 is 23.9 Å². The lowest BCUT2D eigenvalue weighted by atomic mass is 10.3. The number of carbonyl (C=O) groups excluding carboxylic acids is 4. The Kier molecular flexibility index (Phi) is 5.04. The maximum absolute atomic E-state index is 12.5. The number of aromatic nitrogens is 1. The molecular formula is C17H13ClN4O5. The van der Waals surface area contributed by atoms with Crippen LogP contribution in [0.3, 0.4) is 0 Å². The van der Waals surface area contributed by atoms with E-state index in [1.54, 1.807) is 18.2 Å². The lowest BCUT2D eigenvalue weighted by Crippen LogP contribution is -2.39. The number of hydrogen-bond donors (Lipinski definition) is 1. The molecule has 3 rings (SSSR count). The zero-order valence-electron chi connectivity index (χ0n) is 14.0. The summed E-state index contributed by atoms with van der Waals surface area (Å²) in [6.45, 7) is -0.638. The first-order valence-corrected chi connectivity index (χ1v) is 8.04. The lowest BCUT2D eigenvalue weighted by molar-refractivity contribution is -0.140. The van der Waals surface area contributed by atoms with Crippen LogP contribution in [0.4, 0.5) is 16.2 Å². The Morgan fingerprint density at radius 2 is 1.85 bits per heavy atom. The van der Waals surface area contributed by atoms with E-state index in [9.17, 15) is 19.2 Å². The summed E-state index contributed by atoms with van der Waals surface area (Å²) in [6, 6.07) is 8.16. The van der Waals surface area contributed by atoms with Crippen LogP contribution < -0.4 is 15.0 Å². The highest BCUT2D eigenvalue weighted by molar-refractivity contribution is 6.53. The second-order valence-electron chi connectivity index (χ2n) is 5.40. The highest BCUT2D eigenvalue weighted by atomic mass is 35.5. The average Bonchev–Trinajstić information content (AvgIpc) is 2.87. The highest BCUT2D eigenvalue weighted by Gasteiger charge is 2.46. The first kappa shape index (κ1) is 18.3. The summed E-state index contributed by atoms with van der Waals surface area (Å²) in [5.41, 5.74) is 0.416. The maximum Gasteiger partial charge on any atom is 0.339 e. The number of amides is 5. The third-order valence-electron chi connectivity index (χ3n) is 3.72. The van der Waals surface area contributed by atoms with Crippen LogP contribution in [0, 0.1) is 0 Å². The van der Waals surface area contributed by atoms with Gasteiger partial charge < -0.3 is 10.1 Å². The Morgan fingerprint density at radius 3 is 2.48 bits per heavy atom. The van der Waals surface area contributed by atoms with Crippen LogP contribution in [0.1, 0.15) is 0 Å². The van der Waals surface area contributed by atoms with Crippen LogP contribution in [-0.2, 0) is 14.4 Å². The van der Waals surface area contributed by atoms with Gasteiger partial charge in [-0.15, -0.1) is 0 Å². The molecule has 27 heavy (non-hydrogen) atoms. The molecule has 10 heteroatoms. The zero-order chi connectivity index (χ0) is 19.6. The summed E-state index contributed by atoms with van der Waals surface area (Å²) in [5, 5.41) is 2.49. The molecule has 0 bridgehead atoms. The second kappa shape index (κ2) is 7.42. The molecule has 0 unspecified atom stereocenters. The molecule has 0 spiro atoms. The van der Waals surface area contributed by atoms with Crippen molar-refractivity contribution in [1.29, 1.82) is 0 Å². The number of benzene rings is 1. The van der Waals surface area contributed by atoms with Crippen LogP contribution in [0.25, 0.3) is 0 Å². The largest absolute Gasteiger partial charge is 0.497 e. The normalized spacial score (nSPS) is 13.9. The minimum atomic E-state index is -1.09. The number of urea groups is 1. The van der Waals surface area contributed by atoms with E-state index in [0.717, 1.165) is 0 Å². The van der Waals surface area contributed by atoms with Crippen molar-refractivity contribution in [3.63, 3.8) is 0 Å². The van der Waals surface area contributed by atoms with Gasteiger partial charge in [-0.05, 0) is 36.4 Å². The number of rotatable bonds is 5. The molecule has 1 N–H and O–H groups in total. The number of imide groups is 2. The first-order chi connectivity index (χ1) is 12.9. The number of pyridine rings is 1. The summed E-state index contributed by atoms with van der Waals surface area (Å²) >= 11 is 5.85. The molecule has 1 saturated heterocycles. The fourth-order valence-electron chi connectivity index (χ4n) is 2.42. The molecule has 9 nitrogen and oxygen atoms in total. The third kappa shape index (κ3) is 3.58. The van der Waals surface area contributed by atoms with Crippen molar-refractivity contribution in [1.82, 2.24) is 9.88 Å². The van der Waals surface area contributed by atoms with Gasteiger partial charge in [-0.3, -0.25) is 14.4 Å². The number of anilines is 2. The van der Waals surface area contributed by atoms with Gasteiger partial charge in [0, 0.05) is 6.20 Å². The molecule has 1 aromatic heterocycles. The molecule has 1 aliphatic rings. The van der Waals surface area contributed by atoms with Crippen molar-refractivity contribution in [3.8, 4) is 5.75 Å². The van der Waals surface area contributed by atoms with Gasteiger partial charge in [0.25, 0.3) is 0 Å². The predicted molar refractivity (Wildman–Crippen MR) is 95.5 cm³/mol. The van der Waals surface area contributed by atoms with Gasteiger partial charge >= 0.3 is 17.8 Å². The molecule has 0 radical (unpaired) electrons. The number of hydrogen-bond acceptors (Lipinski definition) is 6. The monoisotopic (exact) mass is 388 g/mol. The van der Waals surface area contributed by atoms with Crippen molar-refractivity contribution in [2.45, 2.75) is 0 Å². The molecule has 2 heterocycles. The SMILES string of the molecule is COc1ccc(N2C(=O)C(=O)N(CC(=O)Nc3cccnc3Cl)C2=O)cc1. The lowest BCUT2D eigenvalue weighted by Gasteiger charge is -2.15. The van der Waals surface area contributed by atoms with E-state index in [4.69, 9.17) is 16.3 Å². The van der Waals surface area contributed by atoms with Crippen molar-refractivity contribution in [2.75, 3.05) is 23.9 Å². The second-order valence-corrected chi connectivity index (χ2v) is 5.76. The smallest absolute Gasteiger partial charge is 0.339 e. The topological polar surface area (TPSA) is 109 Å². The third-order valence-corrected chi connectivity index (χ3v) is 4.02. The van der Waals surface area contributed by atoms with E-state index in [0.29, 0.717) is 15.5 Å². The van der Waals surface area contributed by atoms with Crippen LogP contribution in [0.5, 0.6) is 5.75 Å². The van der Waals surface area contributed by atoms with Gasteiger partial charge in [0.1, 0.15) is 12.3 Å². The molecule has 0 atom stereocenters. The molecule has 1 fully saturated rings. The molecule has 1 aromatic carbocycles. The Bertz CT molecular complexity index is 931. The molecule has 0 aliphatic carbocycles. The summed E-state index contributed by atoms with van der Waals surface area (Å²) in [4.78, 5) is 54.1. The number of nitrogens with one attached hydrogen (secondary N) is 1. The zero-order valence-corrected chi connectivity index (χ0v) is 14.8. The molecule has 138 valence electrons. The van der Waals surface area contributed by atoms with Gasteiger partial charge in [-0.2, -0.15) is 0 Å². The van der Waals surface area contributed by atoms with Gasteiger partial charge in [-0.1, -0.05) is 11.6 Å². The average molecular weight is 389 g/mol. The van der Waals surface area contributed by atoms with Gasteiger partial charge in [0.15, 0.2) is 5.15 Å². The van der Waals surface area contributed by atoms with Crippen molar-refractivity contribution in [3.05, 3.63) is 47.7 Å². The Labute approximate surface area is 158 Å². The van der Waals surface area contributed by atoms with E-state index in [1.807, 2.05) is 0 Å². The summed E-state index contributed by atoms with van der Waals surface area (Å²) in [6.07, 6.45) is 1.44. The molecule has 1 aliphatic heterocycles. The highest BCUT2D eigenvalue weighted by Crippen LogP contribution is 2.25.